The summed E-state index contributed by atoms with van der Waals surface area (Å²) in [6.45, 7) is 1.85. The van der Waals surface area contributed by atoms with Crippen LogP contribution in [0.25, 0.3) is 0 Å². The number of nitrogens with two attached hydrogens (primary N) is 1. The van der Waals surface area contributed by atoms with Crippen LogP contribution in [0.2, 0.25) is 0 Å². The number of quaternary nitrogens is 1. The van der Waals surface area contributed by atoms with Crippen molar-refractivity contribution >= 4 is 10.3 Å². The van der Waals surface area contributed by atoms with E-state index in [1.807, 2.05) is 0 Å². The van der Waals surface area contributed by atoms with E-state index in [9.17, 15) is 8.42 Å². The highest BCUT2D eigenvalue weighted by Gasteiger charge is 2.04. The van der Waals surface area contributed by atoms with Crippen LogP contribution in [0, 0.1) is 0 Å². The zero-order valence-corrected chi connectivity index (χ0v) is 5.18. The third kappa shape index (κ3) is 5.83. The van der Waals surface area contributed by atoms with E-state index in [1.165, 1.54) is 0 Å². The van der Waals surface area contributed by atoms with Crippen LogP contribution >= 0.6 is 0 Å². The van der Waals surface area contributed by atoms with E-state index in [0.717, 1.165) is 0 Å². The minimum absolute atomic E-state index is 0.236. The van der Waals surface area contributed by atoms with Gasteiger partial charge in [0.1, 0.15) is 6.61 Å². The maximum absolute atomic E-state index is 9.77. The Morgan fingerprint density at radius 1 is 1.75 bits per heavy atom. The van der Waals surface area contributed by atoms with Gasteiger partial charge in [0.15, 0.2) is 0 Å². The van der Waals surface area contributed by atoms with Crippen LogP contribution in [0.4, 0.5) is 0 Å². The van der Waals surface area contributed by atoms with E-state index in [1.54, 1.807) is 6.92 Å². The molecule has 0 heterocycles. The molecule has 8 heavy (non-hydrogen) atoms. The van der Waals surface area contributed by atoms with E-state index in [4.69, 9.17) is 4.55 Å². The molecule has 3 N–H and O–H groups in total. The van der Waals surface area contributed by atoms with Crippen LogP contribution in [0.5, 0.6) is 0 Å². The fourth-order valence-electron chi connectivity index (χ4n) is 0.154. The summed E-state index contributed by atoms with van der Waals surface area (Å²) in [6.07, 6.45) is 0. The lowest BCUT2D eigenvalue weighted by Gasteiger charge is -1.90. The number of hydrogen-bond donors (Lipinski definition) is 2. The Labute approximate surface area is 47.5 Å². The van der Waals surface area contributed by atoms with Crippen LogP contribution in [-0.2, 0) is 15.1 Å². The van der Waals surface area contributed by atoms with Crippen molar-refractivity contribution in [2.75, 3.05) is 6.61 Å². The van der Waals surface area contributed by atoms with Gasteiger partial charge in [-0.15, -0.1) is 8.42 Å². The predicted molar refractivity (Wildman–Crippen MR) is 25.1 cm³/mol. The van der Waals surface area contributed by atoms with E-state index in [2.05, 4.69) is 4.84 Å². The average molecular weight is 142 g/mol. The van der Waals surface area contributed by atoms with Gasteiger partial charge in [0.2, 0.25) is 0 Å². The van der Waals surface area contributed by atoms with Gasteiger partial charge in [-0.25, -0.2) is 4.55 Å². The molecule has 5 nitrogen and oxygen atoms in total. The molecule has 0 saturated carbocycles. The molecule has 0 amide bonds. The lowest BCUT2D eigenvalue weighted by molar-refractivity contribution is -0.785. The normalized spacial score (nSPS) is 11.8. The van der Waals surface area contributed by atoms with E-state index < -0.39 is 10.3 Å². The van der Waals surface area contributed by atoms with E-state index in [0.29, 0.717) is 4.89 Å². The fourth-order valence-corrected chi connectivity index (χ4v) is 0.462. The van der Waals surface area contributed by atoms with Crippen LogP contribution < -0.4 is 4.89 Å². The van der Waals surface area contributed by atoms with Gasteiger partial charge in [-0.2, -0.15) is 4.84 Å². The van der Waals surface area contributed by atoms with Crippen LogP contribution in [0.3, 0.4) is 0 Å². The summed E-state index contributed by atoms with van der Waals surface area (Å²) >= 11 is 0. The van der Waals surface area contributed by atoms with Crippen molar-refractivity contribution in [2.24, 2.45) is 0 Å². The van der Waals surface area contributed by atoms with Crippen molar-refractivity contribution in [3.05, 3.63) is 0 Å². The minimum atomic E-state index is -4.03. The first-order valence-electron chi connectivity index (χ1n) is 1.98. The Morgan fingerprint density at radius 3 is 2.38 bits per heavy atom. The standard InChI is InChI=1S/C2H7NO4S/c1-2-7-3-8(4,5)6/h3H,2H2,1H3,(H,4,5,6)/p+1. The maximum atomic E-state index is 9.77. The second-order valence-corrected chi connectivity index (χ2v) is 2.29. The van der Waals surface area contributed by atoms with Crippen LogP contribution in [0.1, 0.15) is 6.92 Å². The maximum Gasteiger partial charge on any atom is 0.460 e. The summed E-state index contributed by atoms with van der Waals surface area (Å²) in [5.41, 5.74) is 0. The van der Waals surface area contributed by atoms with Crippen molar-refractivity contribution < 1.29 is 22.7 Å². The Hall–Kier alpha value is -0.170. The molecule has 0 aliphatic heterocycles. The summed E-state index contributed by atoms with van der Waals surface area (Å²) in [5.74, 6) is 0. The van der Waals surface area contributed by atoms with Gasteiger partial charge in [-0.1, -0.05) is 4.89 Å². The molecule has 6 heteroatoms. The third-order valence-corrected chi connectivity index (χ3v) is 0.736. The summed E-state index contributed by atoms with van der Waals surface area (Å²) < 4.78 is 27.5. The monoisotopic (exact) mass is 142 g/mol. The van der Waals surface area contributed by atoms with Gasteiger partial charge in [-0.3, -0.25) is 0 Å². The molecule has 0 rings (SSSR count). The van der Waals surface area contributed by atoms with Crippen LogP contribution in [-0.4, -0.2) is 19.6 Å². The molecule has 0 spiro atoms. The molecule has 0 unspecified atom stereocenters. The molecule has 0 aromatic rings. The van der Waals surface area contributed by atoms with Crippen molar-refractivity contribution in [3.63, 3.8) is 0 Å². The predicted octanol–water partition coefficient (Wildman–Crippen LogP) is -1.70. The summed E-state index contributed by atoms with van der Waals surface area (Å²) in [7, 11) is -4.03. The lowest BCUT2D eigenvalue weighted by Crippen LogP contribution is -2.86. The molecule has 0 atom stereocenters. The van der Waals surface area contributed by atoms with Gasteiger partial charge in [0.25, 0.3) is 0 Å². The Balaban J connectivity index is 3.42. The molecule has 0 saturated heterocycles. The second kappa shape index (κ2) is 2.98. The van der Waals surface area contributed by atoms with Gasteiger partial charge < -0.3 is 0 Å². The molecular formula is C2H8NO4S+. The zero-order chi connectivity index (χ0) is 6.62. The van der Waals surface area contributed by atoms with Gasteiger partial charge >= 0.3 is 10.3 Å². The molecule has 0 fully saturated rings. The Bertz CT molecular complexity index is 138. The van der Waals surface area contributed by atoms with Crippen molar-refractivity contribution in [1.82, 2.24) is 0 Å². The highest BCUT2D eigenvalue weighted by atomic mass is 32.2. The van der Waals surface area contributed by atoms with Gasteiger partial charge in [0.05, 0.1) is 0 Å². The summed E-state index contributed by atoms with van der Waals surface area (Å²) in [6, 6.07) is 0. The van der Waals surface area contributed by atoms with Crippen LogP contribution in [0.15, 0.2) is 0 Å². The fraction of sp³-hybridized carbons (Fsp3) is 1.00. The molecule has 0 aliphatic carbocycles. The minimum Gasteiger partial charge on any atom is -0.239 e. The summed E-state index contributed by atoms with van der Waals surface area (Å²) in [5, 5.41) is 0. The topological polar surface area (TPSA) is 80.2 Å². The van der Waals surface area contributed by atoms with E-state index >= 15 is 0 Å². The SMILES string of the molecule is CCO[NH2+]S(=O)(=O)O. The molecule has 0 bridgehead atoms. The molecule has 0 radical (unpaired) electrons. The first kappa shape index (κ1) is 7.83. The van der Waals surface area contributed by atoms with Crippen molar-refractivity contribution in [1.29, 1.82) is 0 Å². The first-order valence-corrected chi connectivity index (χ1v) is 3.49. The summed E-state index contributed by atoms with van der Waals surface area (Å²) in [4.78, 5) is 4.63. The molecular weight excluding hydrogens is 134 g/mol. The molecule has 0 aromatic heterocycles. The highest BCUT2D eigenvalue weighted by molar-refractivity contribution is 7.78. The average Bonchev–Trinajstić information content (AvgIpc) is 1.59. The second-order valence-electron chi connectivity index (χ2n) is 1.07. The quantitative estimate of drug-likeness (QED) is 0.364. The first-order chi connectivity index (χ1) is 3.56. The van der Waals surface area contributed by atoms with Gasteiger partial charge in [0, 0.05) is 0 Å². The zero-order valence-electron chi connectivity index (χ0n) is 4.36. The lowest BCUT2D eigenvalue weighted by atomic mass is 10.9. The Morgan fingerprint density at radius 2 is 2.25 bits per heavy atom. The molecule has 0 aromatic carbocycles. The smallest absolute Gasteiger partial charge is 0.239 e. The van der Waals surface area contributed by atoms with E-state index in [-0.39, 0.29) is 6.61 Å². The van der Waals surface area contributed by atoms with Crippen molar-refractivity contribution in [3.8, 4) is 0 Å². The van der Waals surface area contributed by atoms with Crippen molar-refractivity contribution in [2.45, 2.75) is 6.92 Å². The Kier molecular flexibility index (Phi) is 2.91. The van der Waals surface area contributed by atoms with Gasteiger partial charge in [-0.05, 0) is 6.92 Å². The highest BCUT2D eigenvalue weighted by Crippen LogP contribution is 1.56. The number of hydrogen-bond acceptors (Lipinski definition) is 3. The largest absolute Gasteiger partial charge is 0.460 e. The molecule has 50 valence electrons. The molecule has 0 aliphatic rings. The number of rotatable bonds is 3. The third-order valence-electron chi connectivity index (χ3n) is 0.356.